The zero-order valence-corrected chi connectivity index (χ0v) is 20.4. The molecule has 33 heavy (non-hydrogen) atoms. The molecule has 1 N–H and O–H groups in total. The van der Waals surface area contributed by atoms with Crippen LogP contribution in [0.1, 0.15) is 23.8 Å². The molecule has 0 radical (unpaired) electrons. The third kappa shape index (κ3) is 4.96. The molecular formula is C25H25N3O3S2. The summed E-state index contributed by atoms with van der Waals surface area (Å²) >= 11 is 2.83. The van der Waals surface area contributed by atoms with E-state index < -0.39 is 0 Å². The molecule has 4 rings (SSSR count). The van der Waals surface area contributed by atoms with Crippen molar-refractivity contribution in [2.24, 2.45) is 0 Å². The van der Waals surface area contributed by atoms with Crippen LogP contribution < -0.4 is 15.6 Å². The average Bonchev–Trinajstić information content (AvgIpc) is 3.14. The molecular weight excluding hydrogens is 454 g/mol. The van der Waals surface area contributed by atoms with Gasteiger partial charge in [0.25, 0.3) is 5.56 Å². The van der Waals surface area contributed by atoms with Crippen molar-refractivity contribution in [3.05, 3.63) is 75.4 Å². The molecule has 0 aliphatic rings. The molecule has 2 aromatic carbocycles. The zero-order chi connectivity index (χ0) is 23.4. The predicted octanol–water partition coefficient (Wildman–Crippen LogP) is 5.45. The van der Waals surface area contributed by atoms with Crippen molar-refractivity contribution in [2.45, 2.75) is 31.8 Å². The van der Waals surface area contributed by atoms with Crippen LogP contribution in [0, 0.1) is 6.92 Å². The van der Waals surface area contributed by atoms with Gasteiger partial charge in [-0.25, -0.2) is 4.98 Å². The number of nitrogens with one attached hydrogen (secondary N) is 1. The summed E-state index contributed by atoms with van der Waals surface area (Å²) in [6, 6.07) is 16.6. The highest BCUT2D eigenvalue weighted by Gasteiger charge is 2.19. The Morgan fingerprint density at radius 1 is 1.15 bits per heavy atom. The van der Waals surface area contributed by atoms with Gasteiger partial charge in [0, 0.05) is 10.6 Å². The molecule has 0 aliphatic heterocycles. The Labute approximate surface area is 200 Å². The summed E-state index contributed by atoms with van der Waals surface area (Å²) in [7, 11) is 1.60. The van der Waals surface area contributed by atoms with E-state index in [1.807, 2.05) is 37.3 Å². The monoisotopic (exact) mass is 479 g/mol. The van der Waals surface area contributed by atoms with Gasteiger partial charge in [0.2, 0.25) is 5.91 Å². The third-order valence-electron chi connectivity index (χ3n) is 5.23. The van der Waals surface area contributed by atoms with E-state index in [0.29, 0.717) is 16.2 Å². The number of para-hydroxylation sites is 1. The molecule has 0 bridgehead atoms. The van der Waals surface area contributed by atoms with Gasteiger partial charge >= 0.3 is 0 Å². The number of rotatable bonds is 8. The number of carbonyl (C=O) groups excluding carboxylic acids is 1. The van der Waals surface area contributed by atoms with Gasteiger partial charge in [0.05, 0.1) is 23.9 Å². The maximum atomic E-state index is 13.6. The first-order chi connectivity index (χ1) is 16.0. The fraction of sp³-hybridized carbons (Fsp3) is 0.240. The summed E-state index contributed by atoms with van der Waals surface area (Å²) < 4.78 is 6.76. The van der Waals surface area contributed by atoms with Crippen molar-refractivity contribution in [3.8, 4) is 11.4 Å². The van der Waals surface area contributed by atoms with Gasteiger partial charge in [-0.15, -0.1) is 11.3 Å². The topological polar surface area (TPSA) is 73.2 Å². The molecule has 2 aromatic heterocycles. The van der Waals surface area contributed by atoms with E-state index in [1.54, 1.807) is 47.3 Å². The molecule has 0 spiro atoms. The van der Waals surface area contributed by atoms with Crippen LogP contribution in [0.3, 0.4) is 0 Å². The lowest BCUT2D eigenvalue weighted by Crippen LogP contribution is -2.22. The molecule has 6 nitrogen and oxygen atoms in total. The fourth-order valence-corrected chi connectivity index (χ4v) is 5.71. The predicted molar refractivity (Wildman–Crippen MR) is 136 cm³/mol. The Morgan fingerprint density at radius 2 is 1.88 bits per heavy atom. The van der Waals surface area contributed by atoms with Gasteiger partial charge in [0.15, 0.2) is 5.16 Å². The standard InChI is InChI=1S/C25H25N3O3S2/c1-4-8-20-16(2)22-23(33-20)27-25(28(24(22)30)18-9-6-5-7-10-18)32-15-21(29)26-17-11-13-19(31-3)14-12-17/h5-7,9-14H,4,8,15H2,1-3H3,(H,26,29). The number of ether oxygens (including phenoxy) is 1. The van der Waals surface area contributed by atoms with Crippen LogP contribution in [0.5, 0.6) is 5.75 Å². The number of carbonyl (C=O) groups is 1. The van der Waals surface area contributed by atoms with Gasteiger partial charge < -0.3 is 10.1 Å². The van der Waals surface area contributed by atoms with Gasteiger partial charge in [-0.1, -0.05) is 43.3 Å². The number of anilines is 1. The highest BCUT2D eigenvalue weighted by atomic mass is 32.2. The third-order valence-corrected chi connectivity index (χ3v) is 7.41. The molecule has 0 aliphatic carbocycles. The van der Waals surface area contributed by atoms with Crippen LogP contribution in [0.2, 0.25) is 0 Å². The molecule has 8 heteroatoms. The second kappa shape index (κ2) is 10.2. The van der Waals surface area contributed by atoms with Crippen molar-refractivity contribution >= 4 is 44.9 Å². The smallest absolute Gasteiger partial charge is 0.267 e. The Morgan fingerprint density at radius 3 is 2.55 bits per heavy atom. The van der Waals surface area contributed by atoms with Gasteiger partial charge in [-0.2, -0.15) is 0 Å². The number of thiophene rings is 1. The summed E-state index contributed by atoms with van der Waals surface area (Å²) in [6.45, 7) is 4.12. The summed E-state index contributed by atoms with van der Waals surface area (Å²) in [4.78, 5) is 32.9. The number of benzene rings is 2. The number of nitrogens with zero attached hydrogens (tertiary/aromatic N) is 2. The maximum absolute atomic E-state index is 13.6. The second-order valence-electron chi connectivity index (χ2n) is 7.52. The minimum atomic E-state index is -0.173. The average molecular weight is 480 g/mol. The lowest BCUT2D eigenvalue weighted by Gasteiger charge is -2.12. The summed E-state index contributed by atoms with van der Waals surface area (Å²) in [6.07, 6.45) is 1.93. The minimum absolute atomic E-state index is 0.0969. The lowest BCUT2D eigenvalue weighted by molar-refractivity contribution is -0.113. The molecule has 2 heterocycles. The number of hydrogen-bond donors (Lipinski definition) is 1. The number of hydrogen-bond acceptors (Lipinski definition) is 6. The van der Waals surface area contributed by atoms with Crippen LogP contribution in [0.4, 0.5) is 5.69 Å². The SMILES string of the molecule is CCCc1sc2nc(SCC(=O)Nc3ccc(OC)cc3)n(-c3ccccc3)c(=O)c2c1C. The van der Waals surface area contributed by atoms with Gasteiger partial charge in [-0.05, 0) is 55.3 Å². The van der Waals surface area contributed by atoms with E-state index >= 15 is 0 Å². The van der Waals surface area contributed by atoms with E-state index in [0.717, 1.165) is 34.7 Å². The molecule has 0 unspecified atom stereocenters. The van der Waals surface area contributed by atoms with Gasteiger partial charge in [0.1, 0.15) is 10.6 Å². The van der Waals surface area contributed by atoms with Crippen LogP contribution in [0.25, 0.3) is 15.9 Å². The molecule has 4 aromatic rings. The van der Waals surface area contributed by atoms with Crippen LogP contribution >= 0.6 is 23.1 Å². The van der Waals surface area contributed by atoms with Crippen molar-refractivity contribution in [2.75, 3.05) is 18.2 Å². The summed E-state index contributed by atoms with van der Waals surface area (Å²) in [5.41, 5.74) is 2.33. The summed E-state index contributed by atoms with van der Waals surface area (Å²) in [5.74, 6) is 0.678. The van der Waals surface area contributed by atoms with Crippen LogP contribution in [0.15, 0.2) is 64.5 Å². The normalized spacial score (nSPS) is 11.0. The maximum Gasteiger partial charge on any atom is 0.267 e. The van der Waals surface area contributed by atoms with E-state index in [-0.39, 0.29) is 17.2 Å². The minimum Gasteiger partial charge on any atom is -0.497 e. The van der Waals surface area contributed by atoms with Crippen molar-refractivity contribution in [3.63, 3.8) is 0 Å². The fourth-order valence-electron chi connectivity index (χ4n) is 3.58. The van der Waals surface area contributed by atoms with E-state index in [1.165, 1.54) is 16.6 Å². The molecule has 0 saturated heterocycles. The second-order valence-corrected chi connectivity index (χ2v) is 9.54. The molecule has 170 valence electrons. The number of aromatic nitrogens is 2. The highest BCUT2D eigenvalue weighted by Crippen LogP contribution is 2.31. The Hall–Kier alpha value is -3.10. The number of amides is 1. The molecule has 0 fully saturated rings. The summed E-state index contributed by atoms with van der Waals surface area (Å²) in [5, 5.41) is 4.05. The largest absolute Gasteiger partial charge is 0.497 e. The number of fused-ring (bicyclic) bond motifs is 1. The van der Waals surface area contributed by atoms with Crippen molar-refractivity contribution < 1.29 is 9.53 Å². The molecule has 0 atom stereocenters. The highest BCUT2D eigenvalue weighted by molar-refractivity contribution is 7.99. The lowest BCUT2D eigenvalue weighted by atomic mass is 10.1. The Bertz CT molecular complexity index is 1330. The molecule has 0 saturated carbocycles. The zero-order valence-electron chi connectivity index (χ0n) is 18.8. The van der Waals surface area contributed by atoms with E-state index in [2.05, 4.69) is 12.2 Å². The van der Waals surface area contributed by atoms with Crippen molar-refractivity contribution in [1.82, 2.24) is 9.55 Å². The quantitative estimate of drug-likeness (QED) is 0.269. The van der Waals surface area contributed by atoms with Gasteiger partial charge in [-0.3, -0.25) is 14.2 Å². The van der Waals surface area contributed by atoms with E-state index in [4.69, 9.17) is 9.72 Å². The number of thioether (sulfide) groups is 1. The first-order valence-corrected chi connectivity index (χ1v) is 12.5. The van der Waals surface area contributed by atoms with Crippen LogP contribution in [-0.2, 0) is 11.2 Å². The first kappa shape index (κ1) is 23.1. The number of methoxy groups -OCH3 is 1. The number of aryl methyl sites for hydroxylation is 2. The Kier molecular flexibility index (Phi) is 7.15. The van der Waals surface area contributed by atoms with E-state index in [9.17, 15) is 9.59 Å². The first-order valence-electron chi connectivity index (χ1n) is 10.7. The van der Waals surface area contributed by atoms with Crippen LogP contribution in [-0.4, -0.2) is 28.3 Å². The van der Waals surface area contributed by atoms with Crippen molar-refractivity contribution in [1.29, 1.82) is 0 Å². The Balaban J connectivity index is 1.66. The molecule has 1 amide bonds.